The molecule has 0 aliphatic rings. The lowest BCUT2D eigenvalue weighted by molar-refractivity contribution is -0.138. The van der Waals surface area contributed by atoms with Gasteiger partial charge in [-0.3, -0.25) is 9.59 Å². The van der Waals surface area contributed by atoms with E-state index in [9.17, 15) is 9.59 Å². The van der Waals surface area contributed by atoms with Gasteiger partial charge in [-0.2, -0.15) is 0 Å². The summed E-state index contributed by atoms with van der Waals surface area (Å²) in [6, 6.07) is 1.69. The average Bonchev–Trinajstić information content (AvgIpc) is 2.63. The maximum atomic E-state index is 12.0. The highest BCUT2D eigenvalue weighted by atomic mass is 16.4. The Kier molecular flexibility index (Phi) is 5.80. The Morgan fingerprint density at radius 2 is 2.00 bits per heavy atom. The van der Waals surface area contributed by atoms with Crippen molar-refractivity contribution in [1.29, 1.82) is 0 Å². The van der Waals surface area contributed by atoms with Gasteiger partial charge in [0.2, 0.25) is 0 Å². The number of carboxylic acid groups (broad SMARTS) is 1. The van der Waals surface area contributed by atoms with Crippen LogP contribution in [0, 0.1) is 25.7 Å². The number of hydrogen-bond acceptors (Lipinski definition) is 3. The van der Waals surface area contributed by atoms with Gasteiger partial charge < -0.3 is 14.8 Å². The monoisotopic (exact) mass is 281 g/mol. The lowest BCUT2D eigenvalue weighted by Crippen LogP contribution is -2.31. The van der Waals surface area contributed by atoms with Crippen LogP contribution in [-0.4, -0.2) is 23.5 Å². The quantitative estimate of drug-likeness (QED) is 0.805. The molecule has 0 aliphatic heterocycles. The van der Waals surface area contributed by atoms with Crippen molar-refractivity contribution < 1.29 is 19.1 Å². The Hall–Kier alpha value is -1.78. The van der Waals surface area contributed by atoms with Crippen molar-refractivity contribution in [2.24, 2.45) is 11.8 Å². The highest BCUT2D eigenvalue weighted by Crippen LogP contribution is 2.16. The number of aliphatic carboxylic acids is 1. The van der Waals surface area contributed by atoms with E-state index in [1.807, 2.05) is 13.8 Å². The molecule has 112 valence electrons. The van der Waals surface area contributed by atoms with Gasteiger partial charge >= 0.3 is 5.97 Å². The molecule has 2 N–H and O–H groups in total. The first-order valence-electron chi connectivity index (χ1n) is 6.86. The maximum Gasteiger partial charge on any atom is 0.303 e. The zero-order valence-electron chi connectivity index (χ0n) is 12.5. The molecule has 5 nitrogen and oxygen atoms in total. The van der Waals surface area contributed by atoms with Gasteiger partial charge in [0.1, 0.15) is 11.5 Å². The van der Waals surface area contributed by atoms with E-state index >= 15 is 0 Å². The van der Waals surface area contributed by atoms with E-state index in [0.29, 0.717) is 29.5 Å². The molecule has 0 fully saturated rings. The van der Waals surface area contributed by atoms with E-state index in [4.69, 9.17) is 9.52 Å². The molecule has 0 unspecified atom stereocenters. The third kappa shape index (κ3) is 5.07. The van der Waals surface area contributed by atoms with Crippen LogP contribution in [0.3, 0.4) is 0 Å². The van der Waals surface area contributed by atoms with Crippen LogP contribution in [0.25, 0.3) is 0 Å². The SMILES string of the molecule is Cc1cc(C(=O)NC[C@H](CC(=O)O)CC(C)C)c(C)o1. The predicted octanol–water partition coefficient (Wildman–Crippen LogP) is 2.76. The summed E-state index contributed by atoms with van der Waals surface area (Å²) in [7, 11) is 0. The van der Waals surface area contributed by atoms with Crippen LogP contribution in [0.1, 0.15) is 48.6 Å². The molecule has 1 atom stereocenters. The van der Waals surface area contributed by atoms with Gasteiger partial charge in [-0.1, -0.05) is 13.8 Å². The molecule has 20 heavy (non-hydrogen) atoms. The minimum atomic E-state index is -0.833. The second-order valence-electron chi connectivity index (χ2n) is 5.63. The van der Waals surface area contributed by atoms with E-state index in [0.717, 1.165) is 6.42 Å². The van der Waals surface area contributed by atoms with Gasteiger partial charge in [0, 0.05) is 13.0 Å². The van der Waals surface area contributed by atoms with Crippen LogP contribution in [0.2, 0.25) is 0 Å². The van der Waals surface area contributed by atoms with E-state index in [1.165, 1.54) is 0 Å². The van der Waals surface area contributed by atoms with E-state index in [1.54, 1.807) is 19.9 Å². The van der Waals surface area contributed by atoms with Crippen LogP contribution in [-0.2, 0) is 4.79 Å². The molecule has 1 aromatic heterocycles. The minimum absolute atomic E-state index is 0.0512. The molecule has 0 aromatic carbocycles. The normalized spacial score (nSPS) is 12.4. The van der Waals surface area contributed by atoms with E-state index in [2.05, 4.69) is 5.32 Å². The summed E-state index contributed by atoms with van der Waals surface area (Å²) < 4.78 is 5.32. The summed E-state index contributed by atoms with van der Waals surface area (Å²) in [5.41, 5.74) is 0.515. The predicted molar refractivity (Wildman–Crippen MR) is 75.7 cm³/mol. The summed E-state index contributed by atoms with van der Waals surface area (Å²) >= 11 is 0. The van der Waals surface area contributed by atoms with Crippen LogP contribution in [0.15, 0.2) is 10.5 Å². The third-order valence-corrected chi connectivity index (χ3v) is 3.10. The topological polar surface area (TPSA) is 79.5 Å². The molecule has 1 aromatic rings. The molecule has 0 aliphatic carbocycles. The van der Waals surface area contributed by atoms with Gasteiger partial charge in [-0.25, -0.2) is 0 Å². The van der Waals surface area contributed by atoms with Crippen molar-refractivity contribution in [3.63, 3.8) is 0 Å². The van der Waals surface area contributed by atoms with Crippen molar-refractivity contribution in [2.45, 2.75) is 40.5 Å². The number of aryl methyl sites for hydroxylation is 2. The summed E-state index contributed by atoms with van der Waals surface area (Å²) in [4.78, 5) is 22.9. The van der Waals surface area contributed by atoms with Crippen LogP contribution in [0.5, 0.6) is 0 Å². The molecular weight excluding hydrogens is 258 g/mol. The lowest BCUT2D eigenvalue weighted by atomic mass is 9.94. The fraction of sp³-hybridized carbons (Fsp3) is 0.600. The zero-order chi connectivity index (χ0) is 15.3. The van der Waals surface area contributed by atoms with Crippen LogP contribution < -0.4 is 5.32 Å². The van der Waals surface area contributed by atoms with Gasteiger partial charge in [-0.05, 0) is 38.2 Å². The highest BCUT2D eigenvalue weighted by molar-refractivity contribution is 5.95. The first-order valence-corrected chi connectivity index (χ1v) is 6.86. The average molecular weight is 281 g/mol. The van der Waals surface area contributed by atoms with Crippen molar-refractivity contribution in [3.8, 4) is 0 Å². The zero-order valence-corrected chi connectivity index (χ0v) is 12.5. The van der Waals surface area contributed by atoms with Crippen molar-refractivity contribution >= 4 is 11.9 Å². The summed E-state index contributed by atoms with van der Waals surface area (Å²) in [6.07, 6.45) is 0.845. The largest absolute Gasteiger partial charge is 0.481 e. The number of rotatable bonds is 7. The Bertz CT molecular complexity index is 476. The first kappa shape index (κ1) is 16.3. The fourth-order valence-electron chi connectivity index (χ4n) is 2.34. The third-order valence-electron chi connectivity index (χ3n) is 3.10. The molecule has 0 spiro atoms. The van der Waals surface area contributed by atoms with Crippen molar-refractivity contribution in [1.82, 2.24) is 5.32 Å². The number of hydrogen-bond donors (Lipinski definition) is 2. The summed E-state index contributed by atoms with van der Waals surface area (Å²) in [5.74, 6) is 0.577. The smallest absolute Gasteiger partial charge is 0.303 e. The summed E-state index contributed by atoms with van der Waals surface area (Å²) in [5, 5.41) is 11.7. The Labute approximate surface area is 119 Å². The minimum Gasteiger partial charge on any atom is -0.481 e. The molecule has 1 rings (SSSR count). The lowest BCUT2D eigenvalue weighted by Gasteiger charge is -2.17. The molecule has 5 heteroatoms. The maximum absolute atomic E-state index is 12.0. The molecule has 0 saturated carbocycles. The number of amides is 1. The number of carbonyl (C=O) groups excluding carboxylic acids is 1. The number of carboxylic acids is 1. The Morgan fingerprint density at radius 1 is 1.35 bits per heavy atom. The van der Waals surface area contributed by atoms with Crippen LogP contribution >= 0.6 is 0 Å². The number of furan rings is 1. The fourth-order valence-corrected chi connectivity index (χ4v) is 2.34. The van der Waals surface area contributed by atoms with Gasteiger partial charge in [0.25, 0.3) is 5.91 Å². The summed E-state index contributed by atoms with van der Waals surface area (Å²) in [6.45, 7) is 7.98. The van der Waals surface area contributed by atoms with Crippen molar-refractivity contribution in [3.05, 3.63) is 23.2 Å². The number of nitrogens with one attached hydrogen (secondary N) is 1. The van der Waals surface area contributed by atoms with E-state index < -0.39 is 5.97 Å². The van der Waals surface area contributed by atoms with Crippen molar-refractivity contribution in [2.75, 3.05) is 6.54 Å². The molecule has 1 heterocycles. The second kappa shape index (κ2) is 7.12. The standard InChI is InChI=1S/C15H23NO4/c1-9(2)5-12(7-14(17)18)8-16-15(19)13-6-10(3)20-11(13)4/h6,9,12H,5,7-8H2,1-4H3,(H,16,19)(H,17,18)/t12-/m0/s1. The molecule has 0 saturated heterocycles. The molecular formula is C15H23NO4. The molecule has 0 radical (unpaired) electrons. The molecule has 1 amide bonds. The Balaban J connectivity index is 2.60. The Morgan fingerprint density at radius 3 is 2.45 bits per heavy atom. The van der Waals surface area contributed by atoms with Crippen LogP contribution in [0.4, 0.5) is 0 Å². The second-order valence-corrected chi connectivity index (χ2v) is 5.63. The number of carbonyl (C=O) groups is 2. The van der Waals surface area contributed by atoms with Gasteiger partial charge in [0.05, 0.1) is 5.56 Å². The van der Waals surface area contributed by atoms with Gasteiger partial charge in [0.15, 0.2) is 0 Å². The highest BCUT2D eigenvalue weighted by Gasteiger charge is 2.18. The first-order chi connectivity index (χ1) is 9.29. The van der Waals surface area contributed by atoms with E-state index in [-0.39, 0.29) is 18.2 Å². The molecule has 0 bridgehead atoms. The van der Waals surface area contributed by atoms with Gasteiger partial charge in [-0.15, -0.1) is 0 Å².